The van der Waals surface area contributed by atoms with Crippen molar-refractivity contribution in [3.05, 3.63) is 52.8 Å². The van der Waals surface area contributed by atoms with Gasteiger partial charge in [0.1, 0.15) is 0 Å². The molecule has 0 bridgehead atoms. The molecule has 1 aliphatic carbocycles. The van der Waals surface area contributed by atoms with E-state index in [4.69, 9.17) is 0 Å². The number of benzene rings is 1. The third-order valence-corrected chi connectivity index (χ3v) is 4.20. The average Bonchev–Trinajstić information content (AvgIpc) is 2.53. The van der Waals surface area contributed by atoms with E-state index in [-0.39, 0.29) is 6.03 Å². The Hall–Kier alpha value is -2.63. The molecule has 2 amide bonds. The fourth-order valence-electron chi connectivity index (χ4n) is 2.90. The number of nitrogens with one attached hydrogen (secondary N) is 2. The van der Waals surface area contributed by atoms with Gasteiger partial charge in [-0.15, -0.1) is 0 Å². The van der Waals surface area contributed by atoms with E-state index in [0.717, 1.165) is 17.8 Å². The molecular weight excluding hydrogens is 302 g/mol. The van der Waals surface area contributed by atoms with Crippen molar-refractivity contribution in [2.24, 2.45) is 0 Å². The van der Waals surface area contributed by atoms with E-state index >= 15 is 0 Å². The Morgan fingerprint density at radius 2 is 2.04 bits per heavy atom. The maximum Gasteiger partial charge on any atom is 0.315 e. The van der Waals surface area contributed by atoms with E-state index in [1.54, 1.807) is 0 Å². The van der Waals surface area contributed by atoms with E-state index in [2.05, 4.69) is 38.8 Å². The Morgan fingerprint density at radius 3 is 2.79 bits per heavy atom. The second-order valence-electron chi connectivity index (χ2n) is 6.36. The number of carbonyl (C=O) groups excluding carboxylic acids is 1. The highest BCUT2D eigenvalue weighted by Gasteiger charge is 2.25. The van der Waals surface area contributed by atoms with Gasteiger partial charge in [-0.05, 0) is 30.5 Å². The Bertz CT molecular complexity index is 744. The predicted molar refractivity (Wildman–Crippen MR) is 94.2 cm³/mol. The largest absolute Gasteiger partial charge is 0.347 e. The first-order chi connectivity index (χ1) is 11.5. The highest BCUT2D eigenvalue weighted by Crippen LogP contribution is 2.33. The molecule has 1 aliphatic rings. The quantitative estimate of drug-likeness (QED) is 0.882. The molecule has 0 aliphatic heterocycles. The molecule has 0 saturated carbocycles. The normalized spacial score (nSPS) is 15.2. The molecule has 3 rings (SSSR count). The van der Waals surface area contributed by atoms with Crippen LogP contribution in [0.5, 0.6) is 0 Å². The molecule has 1 atom stereocenters. The molecule has 2 aromatic rings. The zero-order valence-electron chi connectivity index (χ0n) is 14.3. The number of nitrogens with zero attached hydrogens (tertiary/aromatic N) is 3. The first-order valence-corrected chi connectivity index (χ1v) is 8.14. The van der Waals surface area contributed by atoms with Gasteiger partial charge in [-0.25, -0.2) is 14.8 Å². The monoisotopic (exact) mass is 325 g/mol. The van der Waals surface area contributed by atoms with Crippen LogP contribution in [0.15, 0.2) is 30.3 Å². The van der Waals surface area contributed by atoms with Gasteiger partial charge in [-0.2, -0.15) is 0 Å². The highest BCUT2D eigenvalue weighted by atomic mass is 16.2. The van der Waals surface area contributed by atoms with Crippen LogP contribution in [0.3, 0.4) is 0 Å². The summed E-state index contributed by atoms with van der Waals surface area (Å²) in [7, 11) is 3.80. The van der Waals surface area contributed by atoms with Gasteiger partial charge in [-0.3, -0.25) is 0 Å². The van der Waals surface area contributed by atoms with E-state index in [1.807, 2.05) is 38.1 Å². The van der Waals surface area contributed by atoms with Crippen LogP contribution < -0.4 is 15.5 Å². The fraction of sp³-hybridized carbons (Fsp3) is 0.389. The molecule has 2 N–H and O–H groups in total. The first kappa shape index (κ1) is 16.2. The lowest BCUT2D eigenvalue weighted by Gasteiger charge is -2.30. The van der Waals surface area contributed by atoms with Crippen LogP contribution >= 0.6 is 0 Å². The third kappa shape index (κ3) is 3.64. The van der Waals surface area contributed by atoms with Crippen LogP contribution in [0.25, 0.3) is 0 Å². The minimum atomic E-state index is -0.165. The molecule has 0 unspecified atom stereocenters. The zero-order chi connectivity index (χ0) is 17.1. The number of aromatic nitrogens is 2. The minimum absolute atomic E-state index is 0.165. The smallest absolute Gasteiger partial charge is 0.315 e. The summed E-state index contributed by atoms with van der Waals surface area (Å²) in [5.74, 6) is 1.08. The second-order valence-corrected chi connectivity index (χ2v) is 6.36. The summed E-state index contributed by atoms with van der Waals surface area (Å²) < 4.78 is 0. The number of hydrogen-bond acceptors (Lipinski definition) is 4. The molecule has 1 aromatic heterocycles. The lowest BCUT2D eigenvalue weighted by atomic mass is 9.78. The number of carbonyl (C=O) groups is 1. The first-order valence-electron chi connectivity index (χ1n) is 8.14. The van der Waals surface area contributed by atoms with Gasteiger partial charge in [0, 0.05) is 32.3 Å². The van der Waals surface area contributed by atoms with Gasteiger partial charge in [-0.1, -0.05) is 24.3 Å². The van der Waals surface area contributed by atoms with Crippen LogP contribution in [0.2, 0.25) is 0 Å². The number of amides is 2. The molecule has 0 spiro atoms. The van der Waals surface area contributed by atoms with Gasteiger partial charge >= 0.3 is 6.03 Å². The van der Waals surface area contributed by atoms with Gasteiger partial charge in [0.15, 0.2) is 0 Å². The minimum Gasteiger partial charge on any atom is -0.347 e. The predicted octanol–water partition coefficient (Wildman–Crippen LogP) is 1.99. The van der Waals surface area contributed by atoms with Gasteiger partial charge in [0.2, 0.25) is 5.95 Å². The van der Waals surface area contributed by atoms with Gasteiger partial charge in [0.25, 0.3) is 0 Å². The van der Waals surface area contributed by atoms with Gasteiger partial charge < -0.3 is 15.5 Å². The molecule has 1 heterocycles. The highest BCUT2D eigenvalue weighted by molar-refractivity contribution is 5.74. The van der Waals surface area contributed by atoms with Crippen LogP contribution in [-0.4, -0.2) is 36.6 Å². The lowest BCUT2D eigenvalue weighted by Crippen LogP contribution is -2.39. The molecule has 0 fully saturated rings. The number of urea groups is 1. The summed E-state index contributed by atoms with van der Waals surface area (Å²) in [6.45, 7) is 2.97. The van der Waals surface area contributed by atoms with Crippen molar-refractivity contribution in [3.63, 3.8) is 0 Å². The van der Waals surface area contributed by atoms with Crippen molar-refractivity contribution in [1.29, 1.82) is 0 Å². The maximum atomic E-state index is 12.0. The summed E-state index contributed by atoms with van der Waals surface area (Å²) in [4.78, 5) is 22.6. The van der Waals surface area contributed by atoms with Crippen molar-refractivity contribution in [1.82, 2.24) is 20.6 Å². The molecule has 6 heteroatoms. The Morgan fingerprint density at radius 1 is 1.25 bits per heavy atom. The van der Waals surface area contributed by atoms with Crippen molar-refractivity contribution in [2.45, 2.75) is 25.8 Å². The number of aryl methyl sites for hydroxylation is 1. The van der Waals surface area contributed by atoms with Crippen LogP contribution in [-0.2, 0) is 13.0 Å². The molecule has 24 heavy (non-hydrogen) atoms. The van der Waals surface area contributed by atoms with Crippen LogP contribution in [0.4, 0.5) is 10.7 Å². The third-order valence-electron chi connectivity index (χ3n) is 4.20. The topological polar surface area (TPSA) is 70.2 Å². The zero-order valence-corrected chi connectivity index (χ0v) is 14.3. The van der Waals surface area contributed by atoms with Crippen molar-refractivity contribution < 1.29 is 4.79 Å². The molecule has 6 nitrogen and oxygen atoms in total. The standard InChI is InChI=1S/C18H23N5O/c1-12-8-15(22-17(21-12)23(2)3)11-20-18(24)19-10-14-9-13-6-4-5-7-16(13)14/h4-8,14H,9-11H2,1-3H3,(H2,19,20,24)/t14-/m0/s1. The molecule has 126 valence electrons. The maximum absolute atomic E-state index is 12.0. The number of rotatable bonds is 5. The molecule has 1 aromatic carbocycles. The second kappa shape index (κ2) is 6.86. The lowest BCUT2D eigenvalue weighted by molar-refractivity contribution is 0.239. The summed E-state index contributed by atoms with van der Waals surface area (Å²) >= 11 is 0. The van der Waals surface area contributed by atoms with Crippen LogP contribution in [0.1, 0.15) is 28.4 Å². The number of hydrogen-bond donors (Lipinski definition) is 2. The van der Waals surface area contributed by atoms with E-state index in [0.29, 0.717) is 25.0 Å². The van der Waals surface area contributed by atoms with Crippen molar-refractivity contribution in [2.75, 3.05) is 25.5 Å². The summed E-state index contributed by atoms with van der Waals surface area (Å²) in [6.07, 6.45) is 1.04. The Balaban J connectivity index is 1.48. The van der Waals surface area contributed by atoms with E-state index in [1.165, 1.54) is 11.1 Å². The number of fused-ring (bicyclic) bond motifs is 1. The van der Waals surface area contributed by atoms with E-state index in [9.17, 15) is 4.79 Å². The molecule has 0 radical (unpaired) electrons. The molecule has 0 saturated heterocycles. The summed E-state index contributed by atoms with van der Waals surface area (Å²) in [6, 6.07) is 10.1. The van der Waals surface area contributed by atoms with Crippen molar-refractivity contribution >= 4 is 12.0 Å². The average molecular weight is 325 g/mol. The summed E-state index contributed by atoms with van der Waals surface area (Å²) in [5.41, 5.74) is 4.42. The number of anilines is 1. The van der Waals surface area contributed by atoms with Crippen LogP contribution in [0, 0.1) is 6.92 Å². The van der Waals surface area contributed by atoms with Gasteiger partial charge in [0.05, 0.1) is 12.2 Å². The summed E-state index contributed by atoms with van der Waals surface area (Å²) in [5, 5.41) is 5.80. The Kier molecular flexibility index (Phi) is 4.64. The fourth-order valence-corrected chi connectivity index (χ4v) is 2.90. The van der Waals surface area contributed by atoms with E-state index < -0.39 is 0 Å². The van der Waals surface area contributed by atoms with Crippen molar-refractivity contribution in [3.8, 4) is 0 Å². The molecular formula is C18H23N5O. The SMILES string of the molecule is Cc1cc(CNC(=O)NC[C@@H]2Cc3ccccc32)nc(N(C)C)n1. The Labute approximate surface area is 142 Å².